The Labute approximate surface area is 99.1 Å². The van der Waals surface area contributed by atoms with Crippen LogP contribution in [0.2, 0.25) is 0 Å². The molecule has 90 valence electrons. The predicted molar refractivity (Wildman–Crippen MR) is 68.7 cm³/mol. The van der Waals surface area contributed by atoms with Gasteiger partial charge in [-0.2, -0.15) is 0 Å². The van der Waals surface area contributed by atoms with Gasteiger partial charge in [0.1, 0.15) is 5.72 Å². The zero-order valence-corrected chi connectivity index (χ0v) is 10.9. The molecule has 0 aromatic heterocycles. The van der Waals surface area contributed by atoms with Gasteiger partial charge in [0.25, 0.3) is 0 Å². The van der Waals surface area contributed by atoms with Gasteiger partial charge < -0.3 is 20.1 Å². The lowest BCUT2D eigenvalue weighted by Gasteiger charge is -2.30. The molecule has 0 aliphatic heterocycles. The first kappa shape index (κ1) is 15.4. The first-order valence-corrected chi connectivity index (χ1v) is 5.50. The van der Waals surface area contributed by atoms with Gasteiger partial charge in [-0.3, -0.25) is 0 Å². The van der Waals surface area contributed by atoms with Crippen LogP contribution in [0.1, 0.15) is 33.6 Å². The molecule has 0 bridgehead atoms. The van der Waals surface area contributed by atoms with Crippen molar-refractivity contribution in [2.24, 2.45) is 11.1 Å². The Morgan fingerprint density at radius 1 is 1.25 bits per heavy atom. The van der Waals surface area contributed by atoms with Crippen LogP contribution >= 0.6 is 0 Å². The van der Waals surface area contributed by atoms with E-state index in [-0.39, 0.29) is 18.0 Å². The second-order valence-corrected chi connectivity index (χ2v) is 5.24. The normalized spacial score (nSPS) is 15.5. The van der Waals surface area contributed by atoms with E-state index in [1.165, 1.54) is 15.7 Å². The molecule has 0 heterocycles. The lowest BCUT2D eigenvalue weighted by molar-refractivity contribution is -0.128. The van der Waals surface area contributed by atoms with Crippen molar-refractivity contribution in [3.63, 3.8) is 0 Å². The second kappa shape index (κ2) is 5.64. The summed E-state index contributed by atoms with van der Waals surface area (Å²) >= 11 is 0. The van der Waals surface area contributed by atoms with Crippen LogP contribution in [0, 0.1) is 5.41 Å². The molecule has 6 heteroatoms. The first-order valence-electron chi connectivity index (χ1n) is 5.50. The molecule has 0 aromatic carbocycles. The molecule has 0 aromatic rings. The van der Waals surface area contributed by atoms with E-state index in [9.17, 15) is 9.59 Å². The van der Waals surface area contributed by atoms with E-state index in [2.05, 4.69) is 0 Å². The minimum atomic E-state index is -0.849. The molecule has 0 radical (unpaired) electrons. The van der Waals surface area contributed by atoms with Crippen LogP contribution in [0.15, 0.2) is 0 Å². The van der Waals surface area contributed by atoms with Crippen LogP contribution in [0.4, 0.5) is 0 Å². The summed E-state index contributed by atoms with van der Waals surface area (Å²) in [5, 5.41) is 0. The van der Waals surface area contributed by atoms with Gasteiger partial charge in [-0.1, -0.05) is 13.8 Å². The van der Waals surface area contributed by atoms with Gasteiger partial charge in [0, 0.05) is 5.41 Å². The Hall–Kier alpha value is -0.610. The van der Waals surface area contributed by atoms with E-state index < -0.39 is 11.1 Å². The fourth-order valence-corrected chi connectivity index (χ4v) is 0.943. The number of ether oxygens (including phenoxy) is 1. The number of nitrogens with two attached hydrogens (primary N) is 1. The summed E-state index contributed by atoms with van der Waals surface area (Å²) in [7, 11) is 3.06. The number of hydrogen-bond acceptors (Lipinski definition) is 4. The van der Waals surface area contributed by atoms with E-state index in [0.29, 0.717) is 12.8 Å². The second-order valence-electron chi connectivity index (χ2n) is 5.24. The molecule has 0 spiro atoms. The monoisotopic (exact) mass is 225 g/mol. The van der Waals surface area contributed by atoms with E-state index in [4.69, 9.17) is 10.5 Å². The van der Waals surface area contributed by atoms with Gasteiger partial charge in [-0.25, -0.2) is 0 Å². The molecule has 0 fully saturated rings. The highest BCUT2D eigenvalue weighted by atomic mass is 16.5. The van der Waals surface area contributed by atoms with Crippen molar-refractivity contribution < 1.29 is 14.3 Å². The summed E-state index contributed by atoms with van der Waals surface area (Å²) < 4.78 is 5.51. The quantitative estimate of drug-likeness (QED) is 0.436. The Morgan fingerprint density at radius 3 is 2.12 bits per heavy atom. The summed E-state index contributed by atoms with van der Waals surface area (Å²) in [4.78, 5) is 22.1. The van der Waals surface area contributed by atoms with Crippen LogP contribution in [0.5, 0.6) is 0 Å². The van der Waals surface area contributed by atoms with E-state index in [1.54, 1.807) is 6.92 Å². The van der Waals surface area contributed by atoms with Gasteiger partial charge in [0.05, 0.1) is 18.0 Å². The van der Waals surface area contributed by atoms with Crippen molar-refractivity contribution in [1.29, 1.82) is 0 Å². The van der Waals surface area contributed by atoms with Crippen molar-refractivity contribution in [2.45, 2.75) is 39.3 Å². The zero-order valence-electron chi connectivity index (χ0n) is 10.9. The molecule has 0 saturated heterocycles. The highest BCUT2D eigenvalue weighted by molar-refractivity contribution is 6.59. The highest BCUT2D eigenvalue weighted by Gasteiger charge is 2.28. The molecular formula is C10H21B2NO3. The zero-order chi connectivity index (χ0) is 13.0. The van der Waals surface area contributed by atoms with Crippen molar-refractivity contribution in [2.75, 3.05) is 6.61 Å². The van der Waals surface area contributed by atoms with Crippen LogP contribution in [0.3, 0.4) is 0 Å². The van der Waals surface area contributed by atoms with E-state index in [1.807, 2.05) is 13.8 Å². The molecule has 1 atom stereocenters. The molecule has 4 nitrogen and oxygen atoms in total. The van der Waals surface area contributed by atoms with Gasteiger partial charge in [0.2, 0.25) is 0 Å². The van der Waals surface area contributed by atoms with Gasteiger partial charge >= 0.3 is 0 Å². The maximum Gasteiger partial charge on any atom is 0.187 e. The summed E-state index contributed by atoms with van der Waals surface area (Å²) in [6.45, 7) is 5.63. The summed E-state index contributed by atoms with van der Waals surface area (Å²) in [6, 6.07) is 0. The third kappa shape index (κ3) is 6.08. The fourth-order valence-electron chi connectivity index (χ4n) is 0.943. The lowest BCUT2D eigenvalue weighted by Crippen LogP contribution is -2.43. The topological polar surface area (TPSA) is 69.4 Å². The molecule has 0 saturated carbocycles. The summed E-state index contributed by atoms with van der Waals surface area (Å²) in [5.41, 5.74) is 4.66. The SMILES string of the molecule is BC(=O)CCC(C)(N)OCC(C)(C)C(B)=O. The average molecular weight is 225 g/mol. The van der Waals surface area contributed by atoms with Crippen LogP contribution in [-0.2, 0) is 14.3 Å². The van der Waals surface area contributed by atoms with Crippen LogP contribution in [0.25, 0.3) is 0 Å². The lowest BCUT2D eigenvalue weighted by atomic mass is 9.78. The molecular weight excluding hydrogens is 204 g/mol. The van der Waals surface area contributed by atoms with Crippen molar-refractivity contribution in [3.05, 3.63) is 0 Å². The van der Waals surface area contributed by atoms with Gasteiger partial charge in [0.15, 0.2) is 15.7 Å². The highest BCUT2D eigenvalue weighted by Crippen LogP contribution is 2.20. The maximum atomic E-state index is 11.3. The average Bonchev–Trinajstić information content (AvgIpc) is 2.12. The smallest absolute Gasteiger partial charge is 0.187 e. The minimum absolute atomic E-state index is 0.0647. The molecule has 0 aliphatic carbocycles. The Kier molecular flexibility index (Phi) is 5.42. The number of rotatable bonds is 7. The molecule has 16 heavy (non-hydrogen) atoms. The fraction of sp³-hybridized carbons (Fsp3) is 0.800. The van der Waals surface area contributed by atoms with Crippen molar-refractivity contribution in [1.82, 2.24) is 0 Å². The summed E-state index contributed by atoms with van der Waals surface area (Å²) in [6.07, 6.45) is 0.865. The third-order valence-electron chi connectivity index (χ3n) is 2.69. The van der Waals surface area contributed by atoms with E-state index in [0.717, 1.165) is 0 Å². The molecule has 2 N–H and O–H groups in total. The van der Waals surface area contributed by atoms with Crippen LogP contribution < -0.4 is 5.73 Å². The molecule has 0 amide bonds. The Bertz CT molecular complexity index is 277. The third-order valence-corrected chi connectivity index (χ3v) is 2.69. The van der Waals surface area contributed by atoms with Crippen molar-refractivity contribution in [3.8, 4) is 0 Å². The van der Waals surface area contributed by atoms with Gasteiger partial charge in [-0.15, -0.1) is 0 Å². The predicted octanol–water partition coefficient (Wildman–Crippen LogP) is -1.20. The standard InChI is InChI=1S/C10H21B2NO3/c1-9(2,8(12)15)6-16-10(3,13)5-4-7(11)14/h4-6,11-13H2,1-3H3. The van der Waals surface area contributed by atoms with Crippen LogP contribution in [-0.4, -0.2) is 39.4 Å². The molecule has 0 rings (SSSR count). The number of carbonyl (C=O) groups excluding carboxylic acids is 2. The Balaban J connectivity index is 4.17. The first-order chi connectivity index (χ1) is 7.07. The number of carbonyl (C=O) groups is 2. The minimum Gasteiger partial charge on any atom is -0.360 e. The molecule has 0 aliphatic rings. The van der Waals surface area contributed by atoms with E-state index >= 15 is 0 Å². The molecule has 1 unspecified atom stereocenters. The maximum absolute atomic E-state index is 11.3. The summed E-state index contributed by atoms with van der Waals surface area (Å²) in [5.74, 6) is 0. The van der Waals surface area contributed by atoms with Crippen molar-refractivity contribution >= 4 is 27.1 Å². The number of hydrogen-bond donors (Lipinski definition) is 1. The Morgan fingerprint density at radius 2 is 1.75 bits per heavy atom. The largest absolute Gasteiger partial charge is 0.360 e. The van der Waals surface area contributed by atoms with Gasteiger partial charge in [-0.05, 0) is 19.8 Å².